The lowest BCUT2D eigenvalue weighted by Gasteiger charge is -2.13. The second-order valence-corrected chi connectivity index (χ2v) is 2.30. The minimum Gasteiger partial charge on any atom is -0.381 e. The minimum atomic E-state index is 0.393. The van der Waals surface area contributed by atoms with Gasteiger partial charge in [-0.15, -0.1) is 4.68 Å². The third kappa shape index (κ3) is 1.68. The first kappa shape index (κ1) is 6.55. The molecule has 0 radical (unpaired) electrons. The molecule has 2 N–H and O–H groups in total. The Hall–Kier alpha value is -0.570. The van der Waals surface area contributed by atoms with Gasteiger partial charge in [-0.05, 0) is 0 Å². The Kier molecular flexibility index (Phi) is 2.05. The first-order valence-electron chi connectivity index (χ1n) is 3.20. The summed E-state index contributed by atoms with van der Waals surface area (Å²) in [4.78, 5) is 0. The molecule has 0 saturated carbocycles. The maximum atomic E-state index is 5.47. The highest BCUT2D eigenvalue weighted by Gasteiger charge is 2.15. The molecule has 1 heterocycles. The van der Waals surface area contributed by atoms with E-state index in [9.17, 15) is 0 Å². The van der Waals surface area contributed by atoms with Crippen LogP contribution in [0.3, 0.4) is 0 Å². The van der Waals surface area contributed by atoms with E-state index in [-0.39, 0.29) is 0 Å². The van der Waals surface area contributed by atoms with Crippen molar-refractivity contribution in [1.82, 2.24) is 0 Å². The predicted octanol–water partition coefficient (Wildman–Crippen LogP) is -0.248. The number of hydrogen-bond donors (Lipinski definition) is 1. The Labute approximate surface area is 55.1 Å². The smallest absolute Gasteiger partial charge is 0.173 e. The van der Waals surface area contributed by atoms with Gasteiger partial charge in [0.1, 0.15) is 0 Å². The molecule has 0 aromatic heterocycles. The average Bonchev–Trinajstić information content (AvgIpc) is 1.90. The van der Waals surface area contributed by atoms with Gasteiger partial charge in [0.25, 0.3) is 0 Å². The van der Waals surface area contributed by atoms with Gasteiger partial charge in [-0.3, -0.25) is 0 Å². The van der Waals surface area contributed by atoms with Gasteiger partial charge in [-0.1, -0.05) is 0 Å². The van der Waals surface area contributed by atoms with Crippen molar-refractivity contribution in [1.29, 1.82) is 0 Å². The molecule has 1 rings (SSSR count). The highest BCUT2D eigenvalue weighted by molar-refractivity contribution is 5.52. The van der Waals surface area contributed by atoms with E-state index < -0.39 is 0 Å². The van der Waals surface area contributed by atoms with Gasteiger partial charge < -0.3 is 4.74 Å². The number of nitrogens with two attached hydrogens (primary N) is 1. The number of hydrazine groups is 1. The van der Waals surface area contributed by atoms with Crippen LogP contribution in [0.2, 0.25) is 0 Å². The van der Waals surface area contributed by atoms with Gasteiger partial charge in [0.2, 0.25) is 0 Å². The third-order valence-electron chi connectivity index (χ3n) is 1.65. The van der Waals surface area contributed by atoms with Crippen molar-refractivity contribution >= 4 is 6.21 Å². The zero-order valence-corrected chi connectivity index (χ0v) is 5.71. The molecule has 0 fully saturated rings. The topological polar surface area (TPSA) is 38.3 Å². The molecular formula is C6H13N2O+. The van der Waals surface area contributed by atoms with Crippen molar-refractivity contribution in [2.75, 3.05) is 13.7 Å². The fraction of sp³-hybridized carbons (Fsp3) is 0.833. The summed E-state index contributed by atoms with van der Waals surface area (Å²) in [6.07, 6.45) is 4.36. The molecule has 52 valence electrons. The lowest BCUT2D eigenvalue weighted by molar-refractivity contribution is -0.542. The fourth-order valence-electron chi connectivity index (χ4n) is 0.969. The molecule has 1 atom stereocenters. The molecule has 3 heteroatoms. The Morgan fingerprint density at radius 1 is 1.78 bits per heavy atom. The maximum Gasteiger partial charge on any atom is 0.173 e. The van der Waals surface area contributed by atoms with E-state index in [0.717, 1.165) is 19.4 Å². The molecule has 1 aliphatic heterocycles. The van der Waals surface area contributed by atoms with Gasteiger partial charge in [-0.25, -0.2) is 5.84 Å². The van der Waals surface area contributed by atoms with Crippen LogP contribution in [-0.2, 0) is 4.74 Å². The summed E-state index contributed by atoms with van der Waals surface area (Å²) >= 11 is 0. The van der Waals surface area contributed by atoms with Gasteiger partial charge in [0, 0.05) is 13.5 Å². The van der Waals surface area contributed by atoms with Crippen molar-refractivity contribution in [3.63, 3.8) is 0 Å². The van der Waals surface area contributed by atoms with E-state index in [1.165, 1.54) is 0 Å². The first-order valence-corrected chi connectivity index (χ1v) is 3.20. The monoisotopic (exact) mass is 129 g/mol. The van der Waals surface area contributed by atoms with E-state index in [1.54, 1.807) is 11.8 Å². The summed E-state index contributed by atoms with van der Waals surface area (Å²) in [6, 6.07) is 0. The quantitative estimate of drug-likeness (QED) is 0.391. The van der Waals surface area contributed by atoms with Crippen LogP contribution in [-0.4, -0.2) is 30.7 Å². The summed E-state index contributed by atoms with van der Waals surface area (Å²) in [7, 11) is 1.74. The lowest BCUT2D eigenvalue weighted by Crippen LogP contribution is -2.32. The Morgan fingerprint density at radius 3 is 3.00 bits per heavy atom. The fourth-order valence-corrected chi connectivity index (χ4v) is 0.969. The van der Waals surface area contributed by atoms with Crippen LogP contribution in [0.4, 0.5) is 0 Å². The Bertz CT molecular complexity index is 122. The number of hydrazone groups is 1. The molecule has 1 aliphatic rings. The van der Waals surface area contributed by atoms with Gasteiger partial charge in [-0.2, -0.15) is 0 Å². The van der Waals surface area contributed by atoms with Crippen molar-refractivity contribution in [3.05, 3.63) is 0 Å². The molecule has 0 bridgehead atoms. The van der Waals surface area contributed by atoms with E-state index >= 15 is 0 Å². The molecule has 0 saturated heterocycles. The number of methoxy groups -OCH3 is 1. The molecule has 0 amide bonds. The van der Waals surface area contributed by atoms with Crippen molar-refractivity contribution in [2.45, 2.75) is 18.9 Å². The number of nitrogens with zero attached hydrogens (tertiary/aromatic N) is 1. The van der Waals surface area contributed by atoms with Crippen LogP contribution in [0.5, 0.6) is 0 Å². The summed E-state index contributed by atoms with van der Waals surface area (Å²) in [6.45, 7) is 0.915. The number of hydrogen-bond acceptors (Lipinski definition) is 2. The molecule has 0 aromatic carbocycles. The number of rotatable bonds is 1. The summed E-state index contributed by atoms with van der Waals surface area (Å²) in [5.41, 5.74) is 0. The molecule has 9 heavy (non-hydrogen) atoms. The molecule has 1 unspecified atom stereocenters. The van der Waals surface area contributed by atoms with Crippen molar-refractivity contribution in [2.24, 2.45) is 5.84 Å². The average molecular weight is 129 g/mol. The molecular weight excluding hydrogens is 116 g/mol. The normalized spacial score (nSPS) is 27.7. The van der Waals surface area contributed by atoms with E-state index in [1.807, 2.05) is 6.21 Å². The van der Waals surface area contributed by atoms with Crippen LogP contribution in [0, 0.1) is 0 Å². The van der Waals surface area contributed by atoms with Crippen LogP contribution in [0.25, 0.3) is 0 Å². The second kappa shape index (κ2) is 2.82. The molecule has 0 spiro atoms. The Balaban J connectivity index is 2.36. The highest BCUT2D eigenvalue weighted by atomic mass is 16.5. The number of ether oxygens (including phenoxy) is 1. The predicted molar refractivity (Wildman–Crippen MR) is 35.4 cm³/mol. The SMILES string of the molecule is COC1CC=[N+](N)CC1. The van der Waals surface area contributed by atoms with Crippen LogP contribution in [0.15, 0.2) is 0 Å². The van der Waals surface area contributed by atoms with Crippen molar-refractivity contribution < 1.29 is 9.42 Å². The summed E-state index contributed by atoms with van der Waals surface area (Å²) in [5, 5.41) is 0. The molecule has 3 nitrogen and oxygen atoms in total. The van der Waals surface area contributed by atoms with Crippen LogP contribution in [0.1, 0.15) is 12.8 Å². The van der Waals surface area contributed by atoms with Crippen molar-refractivity contribution in [3.8, 4) is 0 Å². The van der Waals surface area contributed by atoms with Crippen LogP contribution >= 0.6 is 0 Å². The standard InChI is InChI=1S/C6H13N2O/c1-9-6-2-4-8(7)5-3-6/h4,6H,2-3,5,7H2,1H3/q+1. The molecule has 0 aromatic rings. The highest BCUT2D eigenvalue weighted by Crippen LogP contribution is 2.03. The van der Waals surface area contributed by atoms with Gasteiger partial charge >= 0.3 is 0 Å². The van der Waals surface area contributed by atoms with Gasteiger partial charge in [0.05, 0.1) is 12.5 Å². The van der Waals surface area contributed by atoms with E-state index in [2.05, 4.69) is 0 Å². The van der Waals surface area contributed by atoms with E-state index in [4.69, 9.17) is 10.6 Å². The van der Waals surface area contributed by atoms with Crippen LogP contribution < -0.4 is 5.84 Å². The Morgan fingerprint density at radius 2 is 2.56 bits per heavy atom. The third-order valence-corrected chi connectivity index (χ3v) is 1.65. The minimum absolute atomic E-state index is 0.393. The lowest BCUT2D eigenvalue weighted by atomic mass is 10.1. The zero-order chi connectivity index (χ0) is 6.69. The summed E-state index contributed by atoms with van der Waals surface area (Å²) < 4.78 is 6.84. The largest absolute Gasteiger partial charge is 0.381 e. The second-order valence-electron chi connectivity index (χ2n) is 2.30. The van der Waals surface area contributed by atoms with E-state index in [0.29, 0.717) is 6.10 Å². The zero-order valence-electron chi connectivity index (χ0n) is 5.71. The summed E-state index contributed by atoms with van der Waals surface area (Å²) in [5.74, 6) is 5.47. The molecule has 0 aliphatic carbocycles. The first-order chi connectivity index (χ1) is 4.33. The van der Waals surface area contributed by atoms with Gasteiger partial charge in [0.15, 0.2) is 12.8 Å². The maximum absolute atomic E-state index is 5.47.